The molecule has 0 bridgehead atoms. The van der Waals surface area contributed by atoms with Crippen molar-refractivity contribution in [2.45, 2.75) is 0 Å². The molecule has 0 saturated carbocycles. The van der Waals surface area contributed by atoms with Crippen LogP contribution in [0.1, 0.15) is 0 Å². The summed E-state index contributed by atoms with van der Waals surface area (Å²) in [5, 5.41) is 3.24. The van der Waals surface area contributed by atoms with Crippen molar-refractivity contribution in [3.05, 3.63) is 37.0 Å². The Morgan fingerprint density at radius 2 is 1.83 bits per heavy atom. The minimum absolute atomic E-state index is 0.904. The summed E-state index contributed by atoms with van der Waals surface area (Å²) >= 11 is 0. The minimum atomic E-state index is 0.904. The highest BCUT2D eigenvalue weighted by molar-refractivity contribution is 6.03. The zero-order chi connectivity index (χ0) is 7.97. The summed E-state index contributed by atoms with van der Waals surface area (Å²) in [4.78, 5) is 0. The molecule has 0 atom stereocenters. The van der Waals surface area contributed by atoms with E-state index >= 15 is 0 Å². The third kappa shape index (κ3) is 0.593. The predicted molar refractivity (Wildman–Crippen MR) is 46.0 cm³/mol. The maximum absolute atomic E-state index is 5.33. The van der Waals surface area contributed by atoms with Gasteiger partial charge < -0.3 is 8.83 Å². The van der Waals surface area contributed by atoms with Crippen molar-refractivity contribution in [1.82, 2.24) is 0 Å². The van der Waals surface area contributed by atoms with E-state index in [4.69, 9.17) is 8.83 Å². The van der Waals surface area contributed by atoms with Crippen LogP contribution in [0.3, 0.4) is 0 Å². The Labute approximate surface area is 68.4 Å². The van der Waals surface area contributed by atoms with Gasteiger partial charge in [-0.05, 0) is 6.07 Å². The molecular formula is C10H6O2. The monoisotopic (exact) mass is 158 g/mol. The zero-order valence-corrected chi connectivity index (χ0v) is 6.28. The molecule has 2 heterocycles. The highest BCUT2D eigenvalue weighted by Crippen LogP contribution is 2.26. The molecular weight excluding hydrogens is 152 g/mol. The van der Waals surface area contributed by atoms with E-state index in [2.05, 4.69) is 0 Å². The number of benzene rings is 1. The smallest absolute Gasteiger partial charge is 0.144 e. The second-order valence-electron chi connectivity index (χ2n) is 2.78. The highest BCUT2D eigenvalue weighted by Gasteiger charge is 2.03. The Hall–Kier alpha value is -1.70. The fourth-order valence-corrected chi connectivity index (χ4v) is 1.47. The summed E-state index contributed by atoms with van der Waals surface area (Å²) < 4.78 is 10.4. The first-order chi connectivity index (χ1) is 5.95. The van der Waals surface area contributed by atoms with Gasteiger partial charge in [0.1, 0.15) is 11.8 Å². The minimum Gasteiger partial charge on any atom is -0.471 e. The van der Waals surface area contributed by atoms with E-state index in [0.717, 1.165) is 21.7 Å². The van der Waals surface area contributed by atoms with Crippen LogP contribution >= 0.6 is 0 Å². The molecule has 58 valence electrons. The van der Waals surface area contributed by atoms with Gasteiger partial charge in [0.05, 0.1) is 17.9 Å². The van der Waals surface area contributed by atoms with Crippen molar-refractivity contribution in [2.75, 3.05) is 0 Å². The Balaban J connectivity index is 2.71. The van der Waals surface area contributed by atoms with Gasteiger partial charge in [-0.3, -0.25) is 0 Å². The molecule has 3 rings (SSSR count). The van der Waals surface area contributed by atoms with Crippen LogP contribution in [0.25, 0.3) is 21.7 Å². The fourth-order valence-electron chi connectivity index (χ4n) is 1.47. The molecule has 2 heteroatoms. The van der Waals surface area contributed by atoms with Crippen LogP contribution in [0.2, 0.25) is 0 Å². The first kappa shape index (κ1) is 5.89. The van der Waals surface area contributed by atoms with Gasteiger partial charge in [-0.1, -0.05) is 12.1 Å². The van der Waals surface area contributed by atoms with Crippen molar-refractivity contribution < 1.29 is 8.83 Å². The van der Waals surface area contributed by atoms with Gasteiger partial charge in [0.2, 0.25) is 0 Å². The van der Waals surface area contributed by atoms with Crippen molar-refractivity contribution in [3.8, 4) is 0 Å². The van der Waals surface area contributed by atoms with Crippen molar-refractivity contribution >= 4 is 21.7 Å². The average molecular weight is 158 g/mol. The quantitative estimate of drug-likeness (QED) is 0.502. The number of fused-ring (bicyclic) bond motifs is 3. The Kier molecular flexibility index (Phi) is 0.939. The number of hydrogen-bond donors (Lipinski definition) is 0. The Morgan fingerprint density at radius 3 is 2.83 bits per heavy atom. The summed E-state index contributed by atoms with van der Waals surface area (Å²) in [6.07, 6.45) is 5.12. The Bertz CT molecular complexity index is 481. The molecule has 2 nitrogen and oxygen atoms in total. The number of furan rings is 2. The number of rotatable bonds is 0. The van der Waals surface area contributed by atoms with Gasteiger partial charge in [-0.25, -0.2) is 0 Å². The van der Waals surface area contributed by atoms with Crippen LogP contribution < -0.4 is 0 Å². The largest absolute Gasteiger partial charge is 0.471 e. The van der Waals surface area contributed by atoms with E-state index in [0.29, 0.717) is 0 Å². The molecule has 0 amide bonds. The second kappa shape index (κ2) is 1.91. The van der Waals surface area contributed by atoms with Crippen LogP contribution in [0, 0.1) is 0 Å². The SMILES string of the molecule is c1cc2ccc3cocc3c2o1. The van der Waals surface area contributed by atoms with Crippen molar-refractivity contribution in [3.63, 3.8) is 0 Å². The van der Waals surface area contributed by atoms with Crippen LogP contribution in [0.5, 0.6) is 0 Å². The molecule has 0 aliphatic rings. The van der Waals surface area contributed by atoms with Crippen LogP contribution in [-0.4, -0.2) is 0 Å². The van der Waals surface area contributed by atoms with E-state index in [-0.39, 0.29) is 0 Å². The van der Waals surface area contributed by atoms with Gasteiger partial charge in [0.25, 0.3) is 0 Å². The molecule has 0 unspecified atom stereocenters. The lowest BCUT2D eigenvalue weighted by Gasteiger charge is -1.88. The van der Waals surface area contributed by atoms with E-state index in [1.54, 1.807) is 18.8 Å². The van der Waals surface area contributed by atoms with Crippen molar-refractivity contribution in [2.24, 2.45) is 0 Å². The molecule has 1 aromatic carbocycles. The van der Waals surface area contributed by atoms with Gasteiger partial charge >= 0.3 is 0 Å². The fraction of sp³-hybridized carbons (Fsp3) is 0. The zero-order valence-electron chi connectivity index (χ0n) is 6.28. The van der Waals surface area contributed by atoms with E-state index in [9.17, 15) is 0 Å². The van der Waals surface area contributed by atoms with E-state index < -0.39 is 0 Å². The predicted octanol–water partition coefficient (Wildman–Crippen LogP) is 3.18. The van der Waals surface area contributed by atoms with Gasteiger partial charge in [-0.2, -0.15) is 0 Å². The van der Waals surface area contributed by atoms with E-state index in [1.165, 1.54) is 0 Å². The molecule has 0 aliphatic heterocycles. The molecule has 3 aromatic rings. The maximum Gasteiger partial charge on any atom is 0.144 e. The highest BCUT2D eigenvalue weighted by atomic mass is 16.3. The summed E-state index contributed by atoms with van der Waals surface area (Å²) in [6, 6.07) is 6.00. The summed E-state index contributed by atoms with van der Waals surface area (Å²) in [5.74, 6) is 0. The first-order valence-corrected chi connectivity index (χ1v) is 3.77. The number of hydrogen-bond acceptors (Lipinski definition) is 2. The third-order valence-corrected chi connectivity index (χ3v) is 2.07. The first-order valence-electron chi connectivity index (χ1n) is 3.77. The maximum atomic E-state index is 5.33. The normalized spacial score (nSPS) is 11.3. The summed E-state index contributed by atoms with van der Waals surface area (Å²) in [7, 11) is 0. The van der Waals surface area contributed by atoms with Crippen LogP contribution in [-0.2, 0) is 0 Å². The second-order valence-corrected chi connectivity index (χ2v) is 2.78. The molecule has 0 N–H and O–H groups in total. The topological polar surface area (TPSA) is 26.3 Å². The molecule has 0 aliphatic carbocycles. The molecule has 2 aromatic heterocycles. The third-order valence-electron chi connectivity index (χ3n) is 2.07. The Morgan fingerprint density at radius 1 is 0.917 bits per heavy atom. The lowest BCUT2D eigenvalue weighted by Crippen LogP contribution is -1.64. The van der Waals surface area contributed by atoms with Crippen LogP contribution in [0.4, 0.5) is 0 Å². The standard InChI is InChI=1S/C10H6O2/c1-2-8-5-11-6-9(8)10-7(1)3-4-12-10/h1-6H. The van der Waals surface area contributed by atoms with Crippen LogP contribution in [0.15, 0.2) is 45.8 Å². The molecule has 0 radical (unpaired) electrons. The lowest BCUT2D eigenvalue weighted by atomic mass is 10.2. The van der Waals surface area contributed by atoms with Crippen molar-refractivity contribution in [1.29, 1.82) is 0 Å². The molecule has 12 heavy (non-hydrogen) atoms. The van der Waals surface area contributed by atoms with E-state index in [1.807, 2.05) is 18.2 Å². The molecule has 0 fully saturated rings. The summed E-state index contributed by atoms with van der Waals surface area (Å²) in [6.45, 7) is 0. The average Bonchev–Trinajstić information content (AvgIpc) is 2.71. The summed E-state index contributed by atoms with van der Waals surface area (Å²) in [5.41, 5.74) is 0.904. The lowest BCUT2D eigenvalue weighted by molar-refractivity contribution is 0.571. The molecule has 0 spiro atoms. The van der Waals surface area contributed by atoms with Gasteiger partial charge in [-0.15, -0.1) is 0 Å². The molecule has 0 saturated heterocycles. The van der Waals surface area contributed by atoms with Gasteiger partial charge in [0, 0.05) is 10.8 Å². The van der Waals surface area contributed by atoms with Gasteiger partial charge in [0.15, 0.2) is 0 Å².